The molecule has 0 amide bonds. The Hall–Kier alpha value is -3.99. The molecule has 0 spiro atoms. The van der Waals surface area contributed by atoms with Crippen molar-refractivity contribution in [2.45, 2.75) is 26.3 Å². The van der Waals surface area contributed by atoms with Crippen molar-refractivity contribution in [3.05, 3.63) is 113 Å². The molecule has 1 aromatic heterocycles. The Kier molecular flexibility index (Phi) is 6.56. The number of carboxylic acid groups (broad SMARTS) is 1. The summed E-state index contributed by atoms with van der Waals surface area (Å²) < 4.78 is 1.92. The van der Waals surface area contributed by atoms with Gasteiger partial charge in [-0.3, -0.25) is 0 Å². The summed E-state index contributed by atoms with van der Waals surface area (Å²) in [7, 11) is 0. The van der Waals surface area contributed by atoms with E-state index in [1.165, 1.54) is 5.56 Å². The SMILES string of the molecule is CCC=Cc1nc(Cc2ccccc2)nn1Cc1ccc(-c2ccccc2C(=O)O)cc1. The van der Waals surface area contributed by atoms with Crippen molar-refractivity contribution < 1.29 is 9.90 Å². The normalized spacial score (nSPS) is 11.2. The maximum absolute atomic E-state index is 11.5. The van der Waals surface area contributed by atoms with Crippen LogP contribution in [0.25, 0.3) is 17.2 Å². The van der Waals surface area contributed by atoms with Gasteiger partial charge in [-0.1, -0.05) is 85.8 Å². The molecule has 0 radical (unpaired) electrons. The second kappa shape index (κ2) is 9.88. The van der Waals surface area contributed by atoms with Gasteiger partial charge in [0.2, 0.25) is 0 Å². The van der Waals surface area contributed by atoms with Crippen LogP contribution in [0.15, 0.2) is 84.9 Å². The lowest BCUT2D eigenvalue weighted by atomic mass is 9.99. The zero-order valence-corrected chi connectivity index (χ0v) is 18.0. The molecule has 5 nitrogen and oxygen atoms in total. The van der Waals surface area contributed by atoms with E-state index < -0.39 is 5.97 Å². The summed E-state index contributed by atoms with van der Waals surface area (Å²) >= 11 is 0. The Labute approximate surface area is 187 Å². The first-order valence-corrected chi connectivity index (χ1v) is 10.7. The van der Waals surface area contributed by atoms with E-state index in [0.717, 1.165) is 29.2 Å². The van der Waals surface area contributed by atoms with Crippen LogP contribution < -0.4 is 0 Å². The number of hydrogen-bond donors (Lipinski definition) is 1. The van der Waals surface area contributed by atoms with Crippen LogP contribution in [0.4, 0.5) is 0 Å². The third-order valence-corrected chi connectivity index (χ3v) is 5.21. The van der Waals surface area contributed by atoms with Crippen molar-refractivity contribution >= 4 is 12.0 Å². The molecule has 1 heterocycles. The minimum Gasteiger partial charge on any atom is -0.478 e. The number of carbonyl (C=O) groups is 1. The quantitative estimate of drug-likeness (QED) is 0.394. The number of hydrogen-bond acceptors (Lipinski definition) is 3. The third-order valence-electron chi connectivity index (χ3n) is 5.21. The molecule has 1 N–H and O–H groups in total. The number of benzene rings is 3. The standard InChI is InChI=1S/C27H25N3O2/c1-2-3-13-26-28-25(18-20-9-5-4-6-10-20)29-30(26)19-21-14-16-22(17-15-21)23-11-7-8-12-24(23)27(31)32/h3-17H,2,18-19H2,1H3,(H,31,32). The number of aromatic nitrogens is 3. The van der Waals surface area contributed by atoms with Gasteiger partial charge in [-0.15, -0.1) is 0 Å². The highest BCUT2D eigenvalue weighted by Gasteiger charge is 2.12. The van der Waals surface area contributed by atoms with E-state index in [2.05, 4.69) is 25.1 Å². The molecular weight excluding hydrogens is 398 g/mol. The fourth-order valence-corrected chi connectivity index (χ4v) is 3.60. The van der Waals surface area contributed by atoms with Crippen LogP contribution in [0.1, 0.15) is 46.5 Å². The Balaban J connectivity index is 1.58. The molecule has 0 bridgehead atoms. The van der Waals surface area contributed by atoms with Crippen LogP contribution in [-0.4, -0.2) is 25.8 Å². The fourth-order valence-electron chi connectivity index (χ4n) is 3.60. The average molecular weight is 424 g/mol. The van der Waals surface area contributed by atoms with Crippen molar-refractivity contribution in [1.29, 1.82) is 0 Å². The monoisotopic (exact) mass is 423 g/mol. The molecule has 32 heavy (non-hydrogen) atoms. The molecule has 3 aromatic carbocycles. The van der Waals surface area contributed by atoms with E-state index in [4.69, 9.17) is 10.1 Å². The molecule has 4 aromatic rings. The number of nitrogens with zero attached hydrogens (tertiary/aromatic N) is 3. The van der Waals surface area contributed by atoms with Crippen LogP contribution in [0.2, 0.25) is 0 Å². The molecule has 0 saturated carbocycles. The molecule has 0 fully saturated rings. The molecule has 0 atom stereocenters. The predicted molar refractivity (Wildman–Crippen MR) is 127 cm³/mol. The zero-order chi connectivity index (χ0) is 22.3. The summed E-state index contributed by atoms with van der Waals surface area (Å²) in [6.07, 6.45) is 5.71. The Morgan fingerprint density at radius 2 is 1.66 bits per heavy atom. The molecule has 0 aliphatic carbocycles. The summed E-state index contributed by atoms with van der Waals surface area (Å²) in [6, 6.07) is 25.2. The van der Waals surface area contributed by atoms with Gasteiger partial charge >= 0.3 is 5.97 Å². The van der Waals surface area contributed by atoms with Crippen LogP contribution in [0.3, 0.4) is 0 Å². The van der Waals surface area contributed by atoms with Gasteiger partial charge in [0, 0.05) is 6.42 Å². The first kappa shape index (κ1) is 21.2. The first-order chi connectivity index (χ1) is 15.6. The smallest absolute Gasteiger partial charge is 0.336 e. The van der Waals surface area contributed by atoms with Crippen LogP contribution in [0, 0.1) is 0 Å². The van der Waals surface area contributed by atoms with Gasteiger partial charge in [0.05, 0.1) is 12.1 Å². The van der Waals surface area contributed by atoms with E-state index in [9.17, 15) is 9.90 Å². The van der Waals surface area contributed by atoms with Gasteiger partial charge in [0.1, 0.15) is 0 Å². The van der Waals surface area contributed by atoms with Gasteiger partial charge in [0.15, 0.2) is 11.6 Å². The lowest BCUT2D eigenvalue weighted by Gasteiger charge is -2.08. The number of aromatic carboxylic acids is 1. The van der Waals surface area contributed by atoms with E-state index in [1.807, 2.05) is 65.4 Å². The largest absolute Gasteiger partial charge is 0.478 e. The number of allylic oxidation sites excluding steroid dienone is 1. The summed E-state index contributed by atoms with van der Waals surface area (Å²) in [4.78, 5) is 16.3. The zero-order valence-electron chi connectivity index (χ0n) is 18.0. The third kappa shape index (κ3) is 5.01. The maximum atomic E-state index is 11.5. The highest BCUT2D eigenvalue weighted by atomic mass is 16.4. The van der Waals surface area contributed by atoms with Crippen molar-refractivity contribution in [2.24, 2.45) is 0 Å². The molecule has 160 valence electrons. The molecule has 4 rings (SSSR count). The fraction of sp³-hybridized carbons (Fsp3) is 0.148. The predicted octanol–water partition coefficient (Wildman–Crippen LogP) is 5.71. The van der Waals surface area contributed by atoms with Crippen molar-refractivity contribution in [3.63, 3.8) is 0 Å². The highest BCUT2D eigenvalue weighted by Crippen LogP contribution is 2.24. The van der Waals surface area contributed by atoms with Crippen molar-refractivity contribution in [2.75, 3.05) is 0 Å². The van der Waals surface area contributed by atoms with Crippen LogP contribution in [-0.2, 0) is 13.0 Å². The Morgan fingerprint density at radius 1 is 0.938 bits per heavy atom. The Bertz CT molecular complexity index is 1230. The van der Waals surface area contributed by atoms with E-state index in [-0.39, 0.29) is 0 Å². The summed E-state index contributed by atoms with van der Waals surface area (Å²) in [5.41, 5.74) is 4.14. The van der Waals surface area contributed by atoms with Gasteiger partial charge in [-0.25, -0.2) is 14.5 Å². The second-order valence-corrected chi connectivity index (χ2v) is 7.56. The van der Waals surface area contributed by atoms with Crippen molar-refractivity contribution in [1.82, 2.24) is 14.8 Å². The van der Waals surface area contributed by atoms with Crippen LogP contribution >= 0.6 is 0 Å². The van der Waals surface area contributed by atoms with E-state index in [0.29, 0.717) is 24.1 Å². The molecule has 0 unspecified atom stereocenters. The van der Waals surface area contributed by atoms with Gasteiger partial charge < -0.3 is 5.11 Å². The lowest BCUT2D eigenvalue weighted by Crippen LogP contribution is -2.05. The molecule has 5 heteroatoms. The highest BCUT2D eigenvalue weighted by molar-refractivity contribution is 5.95. The van der Waals surface area contributed by atoms with Gasteiger partial charge in [-0.2, -0.15) is 5.10 Å². The summed E-state index contributed by atoms with van der Waals surface area (Å²) in [6.45, 7) is 2.68. The Morgan fingerprint density at radius 3 is 2.38 bits per heavy atom. The average Bonchev–Trinajstić information content (AvgIpc) is 3.19. The van der Waals surface area contributed by atoms with Gasteiger partial charge in [0.25, 0.3) is 0 Å². The van der Waals surface area contributed by atoms with Crippen LogP contribution in [0.5, 0.6) is 0 Å². The van der Waals surface area contributed by atoms with E-state index in [1.54, 1.807) is 12.1 Å². The molecular formula is C27H25N3O2. The first-order valence-electron chi connectivity index (χ1n) is 10.7. The summed E-state index contributed by atoms with van der Waals surface area (Å²) in [5.74, 6) is 0.697. The molecule has 0 aliphatic heterocycles. The number of carboxylic acids is 1. The summed E-state index contributed by atoms with van der Waals surface area (Å²) in [5, 5.41) is 14.2. The second-order valence-electron chi connectivity index (χ2n) is 7.56. The number of rotatable bonds is 8. The minimum absolute atomic E-state index is 0.300. The molecule has 0 saturated heterocycles. The van der Waals surface area contributed by atoms with E-state index >= 15 is 0 Å². The van der Waals surface area contributed by atoms with Crippen molar-refractivity contribution in [3.8, 4) is 11.1 Å². The van der Waals surface area contributed by atoms with Gasteiger partial charge in [-0.05, 0) is 40.8 Å². The minimum atomic E-state index is -0.925. The molecule has 0 aliphatic rings. The topological polar surface area (TPSA) is 68.0 Å². The maximum Gasteiger partial charge on any atom is 0.336 e. The lowest BCUT2D eigenvalue weighted by molar-refractivity contribution is 0.0697.